The molecular formula is C8H13NO4. The lowest BCUT2D eigenvalue weighted by Gasteiger charge is -2.12. The van der Waals surface area contributed by atoms with Crippen molar-refractivity contribution in [2.45, 2.75) is 19.3 Å². The molecule has 0 aromatic carbocycles. The second-order valence-corrected chi connectivity index (χ2v) is 3.34. The van der Waals surface area contributed by atoms with E-state index >= 15 is 0 Å². The smallest absolute Gasteiger partial charge is 0.309 e. The Morgan fingerprint density at radius 2 is 2.31 bits per heavy atom. The molecule has 0 aromatic rings. The minimum Gasteiger partial charge on any atom is -0.469 e. The number of ether oxygens (including phenoxy) is 1. The first-order valence-corrected chi connectivity index (χ1v) is 4.34. The number of carbonyl (C=O) groups is 1. The van der Waals surface area contributed by atoms with Gasteiger partial charge in [-0.25, -0.2) is 0 Å². The van der Waals surface area contributed by atoms with Crippen molar-refractivity contribution in [1.82, 2.24) is 0 Å². The molecular weight excluding hydrogens is 174 g/mol. The third-order valence-electron chi connectivity index (χ3n) is 2.55. The van der Waals surface area contributed by atoms with Gasteiger partial charge in [0.25, 0.3) is 0 Å². The lowest BCUT2D eigenvalue weighted by molar-refractivity contribution is -0.489. The molecule has 5 heteroatoms. The number of hydrogen-bond donors (Lipinski definition) is 0. The van der Waals surface area contributed by atoms with Gasteiger partial charge in [0.15, 0.2) is 0 Å². The first-order chi connectivity index (χ1) is 6.15. The molecule has 0 bridgehead atoms. The number of nitrogens with zero attached hydrogens (tertiary/aromatic N) is 1. The van der Waals surface area contributed by atoms with Crippen LogP contribution < -0.4 is 0 Å². The molecule has 0 spiro atoms. The molecule has 0 heterocycles. The van der Waals surface area contributed by atoms with E-state index in [1.807, 2.05) is 0 Å². The summed E-state index contributed by atoms with van der Waals surface area (Å²) in [4.78, 5) is 21.1. The van der Waals surface area contributed by atoms with Gasteiger partial charge < -0.3 is 4.74 Å². The predicted molar refractivity (Wildman–Crippen MR) is 44.7 cm³/mol. The van der Waals surface area contributed by atoms with Gasteiger partial charge in [-0.2, -0.15) is 0 Å². The van der Waals surface area contributed by atoms with E-state index in [1.54, 1.807) is 0 Å². The number of nitro groups is 1. The van der Waals surface area contributed by atoms with Crippen molar-refractivity contribution in [1.29, 1.82) is 0 Å². The van der Waals surface area contributed by atoms with E-state index in [4.69, 9.17) is 0 Å². The van der Waals surface area contributed by atoms with Crippen LogP contribution in [0.5, 0.6) is 0 Å². The van der Waals surface area contributed by atoms with Gasteiger partial charge in [0.05, 0.1) is 13.0 Å². The summed E-state index contributed by atoms with van der Waals surface area (Å²) < 4.78 is 4.58. The second-order valence-electron chi connectivity index (χ2n) is 3.34. The van der Waals surface area contributed by atoms with Crippen LogP contribution in [-0.4, -0.2) is 24.5 Å². The third kappa shape index (κ3) is 2.40. The van der Waals surface area contributed by atoms with Crippen LogP contribution >= 0.6 is 0 Å². The number of carbonyl (C=O) groups excluding carboxylic acids is 1. The molecule has 1 aliphatic rings. The van der Waals surface area contributed by atoms with Gasteiger partial charge in [0.2, 0.25) is 6.54 Å². The normalized spacial score (nSPS) is 27.2. The van der Waals surface area contributed by atoms with Crippen LogP contribution in [0.3, 0.4) is 0 Å². The van der Waals surface area contributed by atoms with Crippen LogP contribution in [0.15, 0.2) is 0 Å². The number of rotatable bonds is 3. The van der Waals surface area contributed by atoms with Gasteiger partial charge in [-0.1, -0.05) is 6.42 Å². The zero-order chi connectivity index (χ0) is 9.84. The molecule has 0 saturated heterocycles. The van der Waals surface area contributed by atoms with E-state index in [1.165, 1.54) is 7.11 Å². The summed E-state index contributed by atoms with van der Waals surface area (Å²) in [7, 11) is 1.32. The van der Waals surface area contributed by atoms with Crippen molar-refractivity contribution >= 4 is 5.97 Å². The summed E-state index contributed by atoms with van der Waals surface area (Å²) >= 11 is 0. The average molecular weight is 187 g/mol. The highest BCUT2D eigenvalue weighted by Gasteiger charge is 2.36. The molecule has 13 heavy (non-hydrogen) atoms. The van der Waals surface area contributed by atoms with Crippen LogP contribution in [0.2, 0.25) is 0 Å². The van der Waals surface area contributed by atoms with Gasteiger partial charge in [-0.15, -0.1) is 0 Å². The van der Waals surface area contributed by atoms with Crippen molar-refractivity contribution in [2.24, 2.45) is 11.8 Å². The zero-order valence-electron chi connectivity index (χ0n) is 7.56. The average Bonchev–Trinajstić information content (AvgIpc) is 2.50. The summed E-state index contributed by atoms with van der Waals surface area (Å²) in [6.07, 6.45) is 2.38. The Morgan fingerprint density at radius 1 is 1.62 bits per heavy atom. The molecule has 0 N–H and O–H groups in total. The molecule has 74 valence electrons. The van der Waals surface area contributed by atoms with Gasteiger partial charge in [0.1, 0.15) is 0 Å². The fourth-order valence-corrected chi connectivity index (χ4v) is 1.91. The SMILES string of the molecule is COC(=O)C1CCCC1C[N+](=O)[O-]. The van der Waals surface area contributed by atoms with E-state index in [9.17, 15) is 14.9 Å². The zero-order valence-corrected chi connectivity index (χ0v) is 7.56. The van der Waals surface area contributed by atoms with Gasteiger partial charge in [-0.05, 0) is 12.8 Å². The molecule has 1 fully saturated rings. The Bertz CT molecular complexity index is 216. The molecule has 0 aliphatic heterocycles. The van der Waals surface area contributed by atoms with Crippen LogP contribution in [-0.2, 0) is 9.53 Å². The molecule has 1 saturated carbocycles. The Balaban J connectivity index is 2.53. The third-order valence-corrected chi connectivity index (χ3v) is 2.55. The van der Waals surface area contributed by atoms with Crippen molar-refractivity contribution in [2.75, 3.05) is 13.7 Å². The maximum absolute atomic E-state index is 11.2. The number of esters is 1. The van der Waals surface area contributed by atoms with Gasteiger partial charge in [-0.3, -0.25) is 14.9 Å². The topological polar surface area (TPSA) is 69.4 Å². The Hall–Kier alpha value is -1.13. The fraction of sp³-hybridized carbons (Fsp3) is 0.875. The van der Waals surface area contributed by atoms with E-state index in [-0.39, 0.29) is 29.3 Å². The van der Waals surface area contributed by atoms with E-state index in [0.717, 1.165) is 19.3 Å². The highest BCUT2D eigenvalue weighted by molar-refractivity contribution is 5.72. The molecule has 0 radical (unpaired) electrons. The highest BCUT2D eigenvalue weighted by atomic mass is 16.6. The monoisotopic (exact) mass is 187 g/mol. The summed E-state index contributed by atoms with van der Waals surface area (Å²) in [5.41, 5.74) is 0. The highest BCUT2D eigenvalue weighted by Crippen LogP contribution is 2.32. The minimum absolute atomic E-state index is 0.111. The molecule has 0 aromatic heterocycles. The van der Waals surface area contributed by atoms with Crippen LogP contribution in [0.4, 0.5) is 0 Å². The fourth-order valence-electron chi connectivity index (χ4n) is 1.91. The lowest BCUT2D eigenvalue weighted by Crippen LogP contribution is -2.25. The predicted octanol–water partition coefficient (Wildman–Crippen LogP) is 0.852. The molecule has 2 atom stereocenters. The summed E-state index contributed by atoms with van der Waals surface area (Å²) in [5.74, 6) is -0.679. The first kappa shape index (κ1) is 9.95. The van der Waals surface area contributed by atoms with Crippen LogP contribution in [0.1, 0.15) is 19.3 Å². The molecule has 5 nitrogen and oxygen atoms in total. The lowest BCUT2D eigenvalue weighted by atomic mass is 9.96. The number of hydrogen-bond acceptors (Lipinski definition) is 4. The summed E-state index contributed by atoms with van der Waals surface area (Å²) in [6.45, 7) is -0.111. The van der Waals surface area contributed by atoms with E-state index in [2.05, 4.69) is 4.74 Å². The van der Waals surface area contributed by atoms with Crippen LogP contribution in [0.25, 0.3) is 0 Å². The van der Waals surface area contributed by atoms with Crippen molar-refractivity contribution in [3.05, 3.63) is 10.1 Å². The van der Waals surface area contributed by atoms with E-state index < -0.39 is 0 Å². The van der Waals surface area contributed by atoms with Gasteiger partial charge in [0, 0.05) is 10.8 Å². The minimum atomic E-state index is -0.355. The maximum Gasteiger partial charge on any atom is 0.309 e. The molecule has 2 unspecified atom stereocenters. The largest absolute Gasteiger partial charge is 0.469 e. The van der Waals surface area contributed by atoms with Gasteiger partial charge >= 0.3 is 5.97 Å². The second kappa shape index (κ2) is 4.20. The van der Waals surface area contributed by atoms with Crippen LogP contribution in [0, 0.1) is 22.0 Å². The van der Waals surface area contributed by atoms with Crippen molar-refractivity contribution in [3.63, 3.8) is 0 Å². The maximum atomic E-state index is 11.2. The Morgan fingerprint density at radius 3 is 2.85 bits per heavy atom. The van der Waals surface area contributed by atoms with E-state index in [0.29, 0.717) is 0 Å². The van der Waals surface area contributed by atoms with Crippen molar-refractivity contribution < 1.29 is 14.5 Å². The molecule has 0 amide bonds. The standard InChI is InChI=1S/C8H13NO4/c1-13-8(10)7-4-2-3-6(7)5-9(11)12/h6-7H,2-5H2,1H3. The Labute approximate surface area is 76.2 Å². The van der Waals surface area contributed by atoms with Crippen molar-refractivity contribution in [3.8, 4) is 0 Å². The number of methoxy groups -OCH3 is 1. The summed E-state index contributed by atoms with van der Waals surface area (Å²) in [5, 5.41) is 10.3. The Kier molecular flexibility index (Phi) is 3.22. The summed E-state index contributed by atoms with van der Waals surface area (Å²) in [6, 6.07) is 0. The molecule has 1 aliphatic carbocycles. The first-order valence-electron chi connectivity index (χ1n) is 4.34. The quantitative estimate of drug-likeness (QED) is 0.373. The molecule has 1 rings (SSSR count).